The molecule has 0 spiro atoms. The third kappa shape index (κ3) is 2.65. The molecule has 0 aliphatic rings. The molecule has 0 aliphatic carbocycles. The van der Waals surface area contributed by atoms with Gasteiger partial charge in [-0.15, -0.1) is 0 Å². The van der Waals surface area contributed by atoms with Crippen LogP contribution in [0.1, 0.15) is 5.69 Å². The van der Waals surface area contributed by atoms with Gasteiger partial charge in [0, 0.05) is 5.69 Å². The first-order valence-electron chi connectivity index (χ1n) is 3.21. The number of aliphatic carboxylic acids is 1. The van der Waals surface area contributed by atoms with E-state index in [9.17, 15) is 4.79 Å². The van der Waals surface area contributed by atoms with Crippen LogP contribution in [-0.2, 0) is 11.2 Å². The van der Waals surface area contributed by atoms with E-state index in [1.165, 1.54) is 0 Å². The van der Waals surface area contributed by atoms with E-state index in [0.717, 1.165) is 0 Å². The van der Waals surface area contributed by atoms with Crippen LogP contribution in [0.5, 0.6) is 0 Å². The summed E-state index contributed by atoms with van der Waals surface area (Å²) < 4.78 is 0.712. The molecule has 3 N–H and O–H groups in total. The van der Waals surface area contributed by atoms with Crippen molar-refractivity contribution in [3.05, 3.63) is 21.5 Å². The van der Waals surface area contributed by atoms with Crippen molar-refractivity contribution in [2.75, 3.05) is 5.73 Å². The molecule has 0 amide bonds. The molecule has 4 nitrogen and oxygen atoms in total. The lowest BCUT2D eigenvalue weighted by Crippen LogP contribution is -2.04. The average molecular weight is 278 g/mol. The van der Waals surface area contributed by atoms with E-state index in [0.29, 0.717) is 15.1 Å². The predicted octanol–water partition coefficient (Wildman–Crippen LogP) is 0.896. The Morgan fingerprint density at radius 2 is 2.33 bits per heavy atom. The van der Waals surface area contributed by atoms with Gasteiger partial charge < -0.3 is 10.8 Å². The first-order valence-corrected chi connectivity index (χ1v) is 4.29. The summed E-state index contributed by atoms with van der Waals surface area (Å²) in [6.45, 7) is 0. The number of halogens is 1. The summed E-state index contributed by atoms with van der Waals surface area (Å²) in [7, 11) is 0. The second kappa shape index (κ2) is 3.70. The molecule has 1 rings (SSSR count). The van der Waals surface area contributed by atoms with E-state index >= 15 is 0 Å². The van der Waals surface area contributed by atoms with Crippen LogP contribution in [0, 0.1) is 3.70 Å². The van der Waals surface area contributed by atoms with Crippen molar-refractivity contribution in [2.24, 2.45) is 0 Å². The zero-order chi connectivity index (χ0) is 9.14. The lowest BCUT2D eigenvalue weighted by atomic mass is 10.2. The van der Waals surface area contributed by atoms with Gasteiger partial charge in [0.25, 0.3) is 0 Å². The van der Waals surface area contributed by atoms with Gasteiger partial charge in [0.2, 0.25) is 0 Å². The zero-order valence-electron chi connectivity index (χ0n) is 6.12. The Labute approximate surface area is 82.9 Å². The SMILES string of the molecule is Nc1cc(I)nc(CC(=O)O)c1. The molecule has 0 unspecified atom stereocenters. The van der Waals surface area contributed by atoms with Gasteiger partial charge in [-0.1, -0.05) is 0 Å². The van der Waals surface area contributed by atoms with Crippen LogP contribution in [0.15, 0.2) is 12.1 Å². The second-order valence-electron chi connectivity index (χ2n) is 2.29. The van der Waals surface area contributed by atoms with Gasteiger partial charge in [0.05, 0.1) is 12.1 Å². The van der Waals surface area contributed by atoms with Gasteiger partial charge in [-0.05, 0) is 34.7 Å². The van der Waals surface area contributed by atoms with Crippen molar-refractivity contribution in [1.82, 2.24) is 4.98 Å². The highest BCUT2D eigenvalue weighted by Crippen LogP contribution is 2.10. The maximum Gasteiger partial charge on any atom is 0.309 e. The minimum Gasteiger partial charge on any atom is -0.481 e. The number of nitrogens with two attached hydrogens (primary N) is 1. The largest absolute Gasteiger partial charge is 0.481 e. The summed E-state index contributed by atoms with van der Waals surface area (Å²) in [4.78, 5) is 14.3. The molecule has 0 fully saturated rings. The van der Waals surface area contributed by atoms with Gasteiger partial charge in [-0.25, -0.2) is 4.98 Å². The normalized spacial score (nSPS) is 9.75. The fourth-order valence-electron chi connectivity index (χ4n) is 0.819. The molecular weight excluding hydrogens is 271 g/mol. The first-order chi connectivity index (χ1) is 5.58. The quantitative estimate of drug-likeness (QED) is 0.622. The van der Waals surface area contributed by atoms with Crippen molar-refractivity contribution in [3.8, 4) is 0 Å². The molecule has 12 heavy (non-hydrogen) atoms. The number of nitrogen functional groups attached to an aromatic ring is 1. The number of carboxylic acids is 1. The maximum absolute atomic E-state index is 10.3. The van der Waals surface area contributed by atoms with Gasteiger partial charge in [-0.3, -0.25) is 4.79 Å². The Morgan fingerprint density at radius 1 is 1.67 bits per heavy atom. The summed E-state index contributed by atoms with van der Waals surface area (Å²) in [5.74, 6) is -0.899. The van der Waals surface area contributed by atoms with Crippen LogP contribution in [-0.4, -0.2) is 16.1 Å². The molecule has 5 heteroatoms. The molecule has 0 saturated carbocycles. The van der Waals surface area contributed by atoms with E-state index in [1.807, 2.05) is 22.6 Å². The topological polar surface area (TPSA) is 76.2 Å². The van der Waals surface area contributed by atoms with Gasteiger partial charge in [-0.2, -0.15) is 0 Å². The average Bonchev–Trinajstić information content (AvgIpc) is 1.81. The van der Waals surface area contributed by atoms with Crippen LogP contribution in [0.4, 0.5) is 5.69 Å². The van der Waals surface area contributed by atoms with Crippen molar-refractivity contribution >= 4 is 34.2 Å². The Hall–Kier alpha value is -0.850. The number of carbonyl (C=O) groups is 1. The number of carboxylic acid groups (broad SMARTS) is 1. The molecule has 0 aromatic carbocycles. The van der Waals surface area contributed by atoms with Crippen molar-refractivity contribution in [2.45, 2.75) is 6.42 Å². The van der Waals surface area contributed by atoms with Crippen LogP contribution in [0.3, 0.4) is 0 Å². The fourth-order valence-corrected chi connectivity index (χ4v) is 1.49. The highest BCUT2D eigenvalue weighted by atomic mass is 127. The van der Waals surface area contributed by atoms with E-state index in [2.05, 4.69) is 4.98 Å². The molecule has 64 valence electrons. The van der Waals surface area contributed by atoms with Crippen LogP contribution >= 0.6 is 22.6 Å². The molecule has 0 atom stereocenters. The van der Waals surface area contributed by atoms with Crippen molar-refractivity contribution in [3.63, 3.8) is 0 Å². The maximum atomic E-state index is 10.3. The van der Waals surface area contributed by atoms with Crippen LogP contribution in [0.25, 0.3) is 0 Å². The molecule has 1 heterocycles. The summed E-state index contributed by atoms with van der Waals surface area (Å²) in [6, 6.07) is 3.25. The highest BCUT2D eigenvalue weighted by Gasteiger charge is 2.03. The lowest BCUT2D eigenvalue weighted by molar-refractivity contribution is -0.136. The Kier molecular flexibility index (Phi) is 2.85. The third-order valence-corrected chi connectivity index (χ3v) is 1.75. The summed E-state index contributed by atoms with van der Waals surface area (Å²) in [6.07, 6.45) is -0.0823. The molecular formula is C7H7IN2O2. The van der Waals surface area contributed by atoms with Crippen LogP contribution in [0.2, 0.25) is 0 Å². The molecule has 0 saturated heterocycles. The van der Waals surface area contributed by atoms with Gasteiger partial charge in [0.1, 0.15) is 3.70 Å². The van der Waals surface area contributed by atoms with E-state index in [4.69, 9.17) is 10.8 Å². The molecule has 0 radical (unpaired) electrons. The predicted molar refractivity (Wildman–Crippen MR) is 52.7 cm³/mol. The molecule has 1 aromatic rings. The number of hydrogen-bond acceptors (Lipinski definition) is 3. The standard InChI is InChI=1S/C7H7IN2O2/c8-6-2-4(9)1-5(10-6)3-7(11)12/h1-2H,3H2,(H2,9,10)(H,11,12). The lowest BCUT2D eigenvalue weighted by Gasteiger charge is -1.99. The monoisotopic (exact) mass is 278 g/mol. The molecule has 0 bridgehead atoms. The summed E-state index contributed by atoms with van der Waals surface area (Å²) >= 11 is 1.99. The number of hydrogen-bond donors (Lipinski definition) is 2. The summed E-state index contributed by atoms with van der Waals surface area (Å²) in [5.41, 5.74) is 6.54. The highest BCUT2D eigenvalue weighted by molar-refractivity contribution is 14.1. The molecule has 0 aliphatic heterocycles. The van der Waals surface area contributed by atoms with Crippen molar-refractivity contribution in [1.29, 1.82) is 0 Å². The molecule has 1 aromatic heterocycles. The minimum atomic E-state index is -0.899. The smallest absolute Gasteiger partial charge is 0.309 e. The zero-order valence-corrected chi connectivity index (χ0v) is 8.28. The number of anilines is 1. The Balaban J connectivity index is 2.93. The second-order valence-corrected chi connectivity index (χ2v) is 3.39. The van der Waals surface area contributed by atoms with Gasteiger partial charge >= 0.3 is 5.97 Å². The third-order valence-electron chi connectivity index (χ3n) is 1.20. The van der Waals surface area contributed by atoms with E-state index < -0.39 is 5.97 Å². The summed E-state index contributed by atoms with van der Waals surface area (Å²) in [5, 5.41) is 8.47. The first kappa shape index (κ1) is 9.24. The number of rotatable bonds is 2. The fraction of sp³-hybridized carbons (Fsp3) is 0.143. The number of aromatic nitrogens is 1. The number of pyridine rings is 1. The van der Waals surface area contributed by atoms with Gasteiger partial charge in [0.15, 0.2) is 0 Å². The number of nitrogens with zero attached hydrogens (tertiary/aromatic N) is 1. The van der Waals surface area contributed by atoms with E-state index in [-0.39, 0.29) is 6.42 Å². The Morgan fingerprint density at radius 3 is 2.83 bits per heavy atom. The minimum absolute atomic E-state index is 0.0823. The van der Waals surface area contributed by atoms with Crippen LogP contribution < -0.4 is 5.73 Å². The van der Waals surface area contributed by atoms with E-state index in [1.54, 1.807) is 12.1 Å². The Bertz CT molecular complexity index is 294. The van der Waals surface area contributed by atoms with Crippen molar-refractivity contribution < 1.29 is 9.90 Å².